The second kappa shape index (κ2) is 12.7. The molecule has 0 aliphatic rings. The van der Waals surface area contributed by atoms with Crippen molar-refractivity contribution in [3.05, 3.63) is 88.4 Å². The van der Waals surface area contributed by atoms with Crippen LogP contribution < -0.4 is 14.2 Å². The van der Waals surface area contributed by atoms with Gasteiger partial charge in [0.2, 0.25) is 0 Å². The molecule has 0 heterocycles. The third-order valence-corrected chi connectivity index (χ3v) is 4.18. The summed E-state index contributed by atoms with van der Waals surface area (Å²) in [5.74, 6) is -2.24. The zero-order chi connectivity index (χ0) is 27.1. The Morgan fingerprint density at radius 3 is 1.22 bits per heavy atom. The third-order valence-electron chi connectivity index (χ3n) is 3.69. The van der Waals surface area contributed by atoms with Gasteiger partial charge in [-0.1, -0.05) is 53.7 Å². The molecule has 0 radical (unpaired) electrons. The highest BCUT2D eigenvalue weighted by molar-refractivity contribution is 9.10. The number of benzene rings is 3. The van der Waals surface area contributed by atoms with Gasteiger partial charge in [0.25, 0.3) is 0 Å². The SMILES string of the molecule is C.FC(F)(F)Oc1cccc(Br)c1.O=C(c1cccc(OC(F)(F)F)c1)c1cccc(OC(F)(F)F)c1. The summed E-state index contributed by atoms with van der Waals surface area (Å²) in [6.07, 6.45) is -14.5. The molecule has 3 aromatic carbocycles. The van der Waals surface area contributed by atoms with Gasteiger partial charge in [0.15, 0.2) is 5.78 Å². The number of ether oxygens (including phenoxy) is 3. The minimum Gasteiger partial charge on any atom is -0.406 e. The lowest BCUT2D eigenvalue weighted by Gasteiger charge is -2.11. The molecule has 4 nitrogen and oxygen atoms in total. The number of carbonyl (C=O) groups excluding carboxylic acids is 1. The summed E-state index contributed by atoms with van der Waals surface area (Å²) in [5.41, 5.74) is -0.359. The van der Waals surface area contributed by atoms with Crippen LogP contribution in [0.1, 0.15) is 23.3 Å². The smallest absolute Gasteiger partial charge is 0.406 e. The summed E-state index contributed by atoms with van der Waals surface area (Å²) in [6.45, 7) is 0. The molecule has 0 saturated heterocycles. The van der Waals surface area contributed by atoms with Crippen LogP contribution in [0.25, 0.3) is 0 Å². The standard InChI is InChI=1S/C15H8F6O3.C7H4BrF3O.CH4/c16-14(17,18)23-11-5-1-3-9(7-11)13(22)10-4-2-6-12(8-10)24-15(19,20)21;8-5-2-1-3-6(4-5)12-7(9,10)11;/h1-8H;1-4H;1H4. The molecule has 0 aliphatic heterocycles. The second-order valence-electron chi connectivity index (χ2n) is 6.49. The van der Waals surface area contributed by atoms with Crippen LogP contribution in [-0.4, -0.2) is 24.9 Å². The molecule has 202 valence electrons. The topological polar surface area (TPSA) is 44.8 Å². The maximum atomic E-state index is 12.2. The summed E-state index contributed by atoms with van der Waals surface area (Å²) in [6, 6.07) is 14.0. The number of carbonyl (C=O) groups is 1. The number of rotatable bonds is 5. The summed E-state index contributed by atoms with van der Waals surface area (Å²) in [7, 11) is 0. The lowest BCUT2D eigenvalue weighted by molar-refractivity contribution is -0.275. The molecule has 0 spiro atoms. The molecule has 0 saturated carbocycles. The van der Waals surface area contributed by atoms with Gasteiger partial charge in [-0.05, 0) is 42.5 Å². The van der Waals surface area contributed by atoms with E-state index in [1.807, 2.05) is 0 Å². The van der Waals surface area contributed by atoms with Crippen molar-refractivity contribution in [1.29, 1.82) is 0 Å². The van der Waals surface area contributed by atoms with Gasteiger partial charge in [-0.3, -0.25) is 4.79 Å². The molecule has 0 aromatic heterocycles. The Balaban J connectivity index is 0.000000445. The molecule has 0 amide bonds. The first-order chi connectivity index (χ1) is 16.5. The number of alkyl halides is 9. The molecule has 0 N–H and O–H groups in total. The second-order valence-corrected chi connectivity index (χ2v) is 7.40. The van der Waals surface area contributed by atoms with E-state index in [1.54, 1.807) is 6.07 Å². The van der Waals surface area contributed by atoms with Gasteiger partial charge in [0.05, 0.1) is 0 Å². The zero-order valence-electron chi connectivity index (χ0n) is 17.3. The maximum absolute atomic E-state index is 12.2. The highest BCUT2D eigenvalue weighted by Gasteiger charge is 2.32. The highest BCUT2D eigenvalue weighted by Crippen LogP contribution is 2.27. The van der Waals surface area contributed by atoms with Crippen molar-refractivity contribution in [2.24, 2.45) is 0 Å². The first-order valence-electron chi connectivity index (χ1n) is 9.28. The van der Waals surface area contributed by atoms with E-state index < -0.39 is 36.4 Å². The lowest BCUT2D eigenvalue weighted by atomic mass is 10.0. The van der Waals surface area contributed by atoms with E-state index in [0.717, 1.165) is 36.4 Å². The van der Waals surface area contributed by atoms with Crippen LogP contribution >= 0.6 is 15.9 Å². The number of hydrogen-bond acceptors (Lipinski definition) is 4. The third kappa shape index (κ3) is 12.4. The first-order valence-corrected chi connectivity index (χ1v) is 10.1. The summed E-state index contributed by atoms with van der Waals surface area (Å²) in [5, 5.41) is 0. The van der Waals surface area contributed by atoms with E-state index >= 15 is 0 Å². The average Bonchev–Trinajstić information content (AvgIpc) is 2.70. The first kappa shape index (κ1) is 31.6. The molecule has 37 heavy (non-hydrogen) atoms. The van der Waals surface area contributed by atoms with Crippen molar-refractivity contribution >= 4 is 21.7 Å². The summed E-state index contributed by atoms with van der Waals surface area (Å²) >= 11 is 3.02. The predicted octanol–water partition coefficient (Wildman–Crippen LogP) is 8.70. The Kier molecular flexibility index (Phi) is 10.9. The highest BCUT2D eigenvalue weighted by atomic mass is 79.9. The Hall–Kier alpha value is -3.42. The molecule has 0 bridgehead atoms. The zero-order valence-corrected chi connectivity index (χ0v) is 18.9. The van der Waals surface area contributed by atoms with Gasteiger partial charge in [-0.15, -0.1) is 39.5 Å². The Labute approximate surface area is 212 Å². The van der Waals surface area contributed by atoms with Gasteiger partial charge in [-0.2, -0.15) is 0 Å². The van der Waals surface area contributed by atoms with Crippen LogP contribution in [-0.2, 0) is 0 Å². The van der Waals surface area contributed by atoms with Crippen molar-refractivity contribution in [1.82, 2.24) is 0 Å². The van der Waals surface area contributed by atoms with E-state index in [0.29, 0.717) is 4.47 Å². The van der Waals surface area contributed by atoms with E-state index in [1.165, 1.54) is 30.3 Å². The fourth-order valence-corrected chi connectivity index (χ4v) is 2.88. The minimum absolute atomic E-state index is 0. The number of ketones is 1. The van der Waals surface area contributed by atoms with Crippen molar-refractivity contribution < 1.29 is 58.5 Å². The van der Waals surface area contributed by atoms with Gasteiger partial charge in [-0.25, -0.2) is 0 Å². The van der Waals surface area contributed by atoms with Gasteiger partial charge < -0.3 is 14.2 Å². The van der Waals surface area contributed by atoms with Crippen molar-refractivity contribution in [2.75, 3.05) is 0 Å². The van der Waals surface area contributed by atoms with Gasteiger partial charge in [0, 0.05) is 15.6 Å². The van der Waals surface area contributed by atoms with Crippen molar-refractivity contribution in [3.8, 4) is 17.2 Å². The number of hydrogen-bond donors (Lipinski definition) is 0. The minimum atomic E-state index is -4.93. The largest absolute Gasteiger partial charge is 0.573 e. The number of halogens is 10. The Morgan fingerprint density at radius 2 is 0.892 bits per heavy atom. The van der Waals surface area contributed by atoms with E-state index in [9.17, 15) is 44.3 Å². The fourth-order valence-electron chi connectivity index (χ4n) is 2.50. The quantitative estimate of drug-likeness (QED) is 0.215. The Morgan fingerprint density at radius 1 is 0.568 bits per heavy atom. The predicted molar refractivity (Wildman–Crippen MR) is 117 cm³/mol. The average molecular weight is 607 g/mol. The van der Waals surface area contributed by atoms with Crippen LogP contribution in [0, 0.1) is 0 Å². The van der Waals surface area contributed by atoms with Crippen LogP contribution in [0.4, 0.5) is 39.5 Å². The van der Waals surface area contributed by atoms with Crippen LogP contribution in [0.2, 0.25) is 0 Å². The summed E-state index contributed by atoms with van der Waals surface area (Å²) in [4.78, 5) is 12.2. The van der Waals surface area contributed by atoms with Crippen molar-refractivity contribution in [2.45, 2.75) is 26.5 Å². The normalized spacial score (nSPS) is 11.4. The molecular weight excluding hydrogens is 591 g/mol. The monoisotopic (exact) mass is 606 g/mol. The van der Waals surface area contributed by atoms with Crippen LogP contribution in [0.15, 0.2) is 77.3 Å². The van der Waals surface area contributed by atoms with Crippen LogP contribution in [0.3, 0.4) is 0 Å². The molecule has 14 heteroatoms. The Bertz CT molecular complexity index is 1110. The van der Waals surface area contributed by atoms with E-state index in [-0.39, 0.29) is 24.3 Å². The van der Waals surface area contributed by atoms with Gasteiger partial charge in [0.1, 0.15) is 17.2 Å². The van der Waals surface area contributed by atoms with E-state index in [4.69, 9.17) is 0 Å². The maximum Gasteiger partial charge on any atom is 0.573 e. The summed E-state index contributed by atoms with van der Waals surface area (Å²) < 4.78 is 120. The molecule has 0 atom stereocenters. The van der Waals surface area contributed by atoms with E-state index in [2.05, 4.69) is 30.1 Å². The van der Waals surface area contributed by atoms with Crippen LogP contribution in [0.5, 0.6) is 17.2 Å². The lowest BCUT2D eigenvalue weighted by Crippen LogP contribution is -2.17. The molecule has 0 fully saturated rings. The van der Waals surface area contributed by atoms with Gasteiger partial charge >= 0.3 is 19.1 Å². The molecule has 3 aromatic rings. The molecular formula is C23H16BrF9O4. The molecule has 3 rings (SSSR count). The fraction of sp³-hybridized carbons (Fsp3) is 0.174. The molecule has 0 aliphatic carbocycles. The molecule has 0 unspecified atom stereocenters. The van der Waals surface area contributed by atoms with Crippen molar-refractivity contribution in [3.63, 3.8) is 0 Å².